The number of hydrogen-bond acceptors (Lipinski definition) is 0. The van der Waals surface area contributed by atoms with Crippen molar-refractivity contribution >= 4 is 13.2 Å². The van der Waals surface area contributed by atoms with E-state index in [1.165, 1.54) is 34.8 Å². The molecule has 0 saturated carbocycles. The van der Waals surface area contributed by atoms with Crippen LogP contribution >= 0.6 is 7.92 Å². The first-order valence-corrected chi connectivity index (χ1v) is 15.3. The lowest BCUT2D eigenvalue weighted by atomic mass is 9.71. The Balaban J connectivity index is 2.29. The van der Waals surface area contributed by atoms with Crippen LogP contribution < -0.4 is 5.30 Å². The summed E-state index contributed by atoms with van der Waals surface area (Å²) >= 11 is 0. The van der Waals surface area contributed by atoms with E-state index in [2.05, 4.69) is 119 Å². The number of hydrogen-bond donors (Lipinski definition) is 0. The Labute approximate surface area is 213 Å². The molecule has 3 unspecified atom stereocenters. The zero-order chi connectivity index (χ0) is 25.6. The molecule has 1 heteroatoms. The molecule has 1 aliphatic rings. The van der Waals surface area contributed by atoms with E-state index in [1.54, 1.807) is 10.9 Å². The molecule has 0 N–H and O–H groups in total. The van der Waals surface area contributed by atoms with Gasteiger partial charge in [0.1, 0.15) is 0 Å². The van der Waals surface area contributed by atoms with Gasteiger partial charge >= 0.3 is 0 Å². The van der Waals surface area contributed by atoms with Crippen LogP contribution in [0.5, 0.6) is 0 Å². The van der Waals surface area contributed by atoms with Crippen LogP contribution in [0, 0.1) is 16.7 Å². The smallest absolute Gasteiger partial charge is 0.00866 e. The SMILES string of the molecule is CC(C)c1cc(C(C)C)c(-c2ccccc2P2CCC(C(C)(C)C)C2C(C)(C)C)c(C(C)C)c1. The third-order valence-electron chi connectivity index (χ3n) is 8.01. The van der Waals surface area contributed by atoms with Crippen molar-refractivity contribution < 1.29 is 0 Å². The van der Waals surface area contributed by atoms with Crippen LogP contribution in [0.15, 0.2) is 36.4 Å². The van der Waals surface area contributed by atoms with E-state index in [1.807, 2.05) is 0 Å². The van der Waals surface area contributed by atoms with Crippen LogP contribution in [0.2, 0.25) is 0 Å². The molecule has 0 nitrogen and oxygen atoms in total. The first kappa shape index (κ1) is 27.5. The summed E-state index contributed by atoms with van der Waals surface area (Å²) in [6.07, 6.45) is 2.74. The Morgan fingerprint density at radius 1 is 0.735 bits per heavy atom. The maximum absolute atomic E-state index is 2.52. The Bertz CT molecular complexity index is 951. The Kier molecular flexibility index (Phi) is 8.15. The maximum atomic E-state index is 2.52. The van der Waals surface area contributed by atoms with Crippen molar-refractivity contribution in [2.45, 2.75) is 113 Å². The molecular weight excluding hydrogens is 427 g/mol. The van der Waals surface area contributed by atoms with Gasteiger partial charge in [0.05, 0.1) is 0 Å². The van der Waals surface area contributed by atoms with Gasteiger partial charge in [0.15, 0.2) is 0 Å². The van der Waals surface area contributed by atoms with Gasteiger partial charge in [-0.05, 0) is 85.9 Å². The second-order valence-corrected chi connectivity index (χ2v) is 16.2. The molecule has 3 atom stereocenters. The molecule has 2 aromatic carbocycles. The molecule has 1 saturated heterocycles. The highest BCUT2D eigenvalue weighted by Gasteiger charge is 2.48. The highest BCUT2D eigenvalue weighted by Crippen LogP contribution is 2.63. The second kappa shape index (κ2) is 10.1. The summed E-state index contributed by atoms with van der Waals surface area (Å²) in [7, 11) is -0.223. The molecule has 188 valence electrons. The first-order valence-electron chi connectivity index (χ1n) is 13.7. The molecule has 0 amide bonds. The van der Waals surface area contributed by atoms with E-state index in [0.717, 1.165) is 11.6 Å². The highest BCUT2D eigenvalue weighted by molar-refractivity contribution is 7.67. The average molecular weight is 479 g/mol. The summed E-state index contributed by atoms with van der Waals surface area (Å²) in [6.45, 7) is 29.1. The van der Waals surface area contributed by atoms with Gasteiger partial charge in [0.2, 0.25) is 0 Å². The summed E-state index contributed by atoms with van der Waals surface area (Å²) in [6, 6.07) is 14.6. The summed E-state index contributed by atoms with van der Waals surface area (Å²) in [5, 5.41) is 1.66. The minimum Gasteiger partial charge on any atom is -0.0706 e. The number of benzene rings is 2. The Morgan fingerprint density at radius 3 is 1.71 bits per heavy atom. The van der Waals surface area contributed by atoms with Gasteiger partial charge in [-0.3, -0.25) is 0 Å². The van der Waals surface area contributed by atoms with E-state index in [0.29, 0.717) is 28.6 Å². The van der Waals surface area contributed by atoms with Gasteiger partial charge in [0, 0.05) is 0 Å². The molecule has 34 heavy (non-hydrogen) atoms. The van der Waals surface area contributed by atoms with Gasteiger partial charge in [0.25, 0.3) is 0 Å². The van der Waals surface area contributed by atoms with E-state index in [4.69, 9.17) is 0 Å². The first-order chi connectivity index (χ1) is 15.6. The quantitative estimate of drug-likeness (QED) is 0.375. The van der Waals surface area contributed by atoms with Crippen molar-refractivity contribution in [2.75, 3.05) is 6.16 Å². The standard InChI is InChI=1S/C33H51P/c1-21(2)24-19-26(22(3)4)30(27(20-24)23(5)6)25-15-13-14-16-29(25)34-18-17-28(32(7,8)9)31(34)33(10,11)12/h13-16,19-23,28,31H,17-18H2,1-12H3. The topological polar surface area (TPSA) is 0 Å². The van der Waals surface area contributed by atoms with E-state index in [-0.39, 0.29) is 7.92 Å². The number of rotatable bonds is 5. The van der Waals surface area contributed by atoms with Gasteiger partial charge in [-0.1, -0.05) is 127 Å². The van der Waals surface area contributed by atoms with Crippen molar-refractivity contribution in [3.63, 3.8) is 0 Å². The monoisotopic (exact) mass is 478 g/mol. The summed E-state index contributed by atoms with van der Waals surface area (Å²) < 4.78 is 0. The van der Waals surface area contributed by atoms with E-state index >= 15 is 0 Å². The molecule has 1 heterocycles. The van der Waals surface area contributed by atoms with Crippen LogP contribution in [0.1, 0.15) is 124 Å². The van der Waals surface area contributed by atoms with Gasteiger partial charge < -0.3 is 0 Å². The fraction of sp³-hybridized carbons (Fsp3) is 0.636. The lowest BCUT2D eigenvalue weighted by molar-refractivity contribution is 0.180. The van der Waals surface area contributed by atoms with E-state index in [9.17, 15) is 0 Å². The predicted octanol–water partition coefficient (Wildman–Crippen LogP) is 10.3. The molecule has 0 radical (unpaired) electrons. The minimum absolute atomic E-state index is 0.223. The van der Waals surface area contributed by atoms with Crippen molar-refractivity contribution in [1.82, 2.24) is 0 Å². The molecular formula is C33H51P. The summed E-state index contributed by atoms with van der Waals surface area (Å²) in [4.78, 5) is 0. The third kappa shape index (κ3) is 5.48. The fourth-order valence-corrected chi connectivity index (χ4v) is 10.4. The van der Waals surface area contributed by atoms with Crippen LogP contribution in [0.4, 0.5) is 0 Å². The van der Waals surface area contributed by atoms with Gasteiger partial charge in [-0.15, -0.1) is 0 Å². The van der Waals surface area contributed by atoms with Crippen LogP contribution in [0.3, 0.4) is 0 Å². The van der Waals surface area contributed by atoms with Crippen LogP contribution in [-0.4, -0.2) is 11.8 Å². The normalized spacial score (nSPS) is 21.8. The molecule has 0 aromatic heterocycles. The fourth-order valence-electron chi connectivity index (χ4n) is 6.24. The van der Waals surface area contributed by atoms with Crippen LogP contribution in [-0.2, 0) is 0 Å². The van der Waals surface area contributed by atoms with Crippen molar-refractivity contribution in [1.29, 1.82) is 0 Å². The average Bonchev–Trinajstić information content (AvgIpc) is 3.19. The predicted molar refractivity (Wildman–Crippen MR) is 156 cm³/mol. The lowest BCUT2D eigenvalue weighted by Gasteiger charge is -2.42. The zero-order valence-electron chi connectivity index (χ0n) is 24.2. The second-order valence-electron chi connectivity index (χ2n) is 13.8. The highest BCUT2D eigenvalue weighted by atomic mass is 31.1. The molecule has 0 aliphatic carbocycles. The molecule has 0 bridgehead atoms. The maximum Gasteiger partial charge on any atom is -0.00866 e. The largest absolute Gasteiger partial charge is 0.0706 e. The Hall–Kier alpha value is -1.13. The Morgan fingerprint density at radius 2 is 1.26 bits per heavy atom. The van der Waals surface area contributed by atoms with Gasteiger partial charge in [-0.25, -0.2) is 0 Å². The molecule has 1 fully saturated rings. The van der Waals surface area contributed by atoms with Gasteiger partial charge in [-0.2, -0.15) is 0 Å². The van der Waals surface area contributed by atoms with Crippen molar-refractivity contribution in [3.8, 4) is 11.1 Å². The van der Waals surface area contributed by atoms with E-state index < -0.39 is 0 Å². The molecule has 3 rings (SSSR count). The van der Waals surface area contributed by atoms with Crippen LogP contribution in [0.25, 0.3) is 11.1 Å². The minimum atomic E-state index is -0.223. The molecule has 1 aliphatic heterocycles. The van der Waals surface area contributed by atoms with Crippen molar-refractivity contribution in [3.05, 3.63) is 53.1 Å². The van der Waals surface area contributed by atoms with Crippen molar-refractivity contribution in [2.24, 2.45) is 16.7 Å². The zero-order valence-corrected chi connectivity index (χ0v) is 25.1. The molecule has 2 aromatic rings. The summed E-state index contributed by atoms with van der Waals surface area (Å²) in [5.41, 5.74) is 9.06. The summed E-state index contributed by atoms with van der Waals surface area (Å²) in [5.74, 6) is 2.35. The lowest BCUT2D eigenvalue weighted by Crippen LogP contribution is -2.37. The third-order valence-corrected chi connectivity index (χ3v) is 11.6. The molecule has 0 spiro atoms.